The van der Waals surface area contributed by atoms with Crippen molar-refractivity contribution in [2.24, 2.45) is 17.8 Å². The second-order valence-electron chi connectivity index (χ2n) is 9.25. The highest BCUT2D eigenvalue weighted by Gasteiger charge is 2.51. The molecule has 162 valence electrons. The van der Waals surface area contributed by atoms with Gasteiger partial charge in [-0.3, -0.25) is 9.59 Å². The van der Waals surface area contributed by atoms with Gasteiger partial charge in [-0.25, -0.2) is 4.79 Å². The smallest absolute Gasteiger partial charge is 0.315 e. The maximum Gasteiger partial charge on any atom is 0.315 e. The van der Waals surface area contributed by atoms with Crippen molar-refractivity contribution >= 4 is 40.8 Å². The van der Waals surface area contributed by atoms with Crippen LogP contribution in [0.3, 0.4) is 0 Å². The standard InChI is InChI=1S/C22H29ClN4O3/c1-13(28)25-17-2-3-18(23)19(9-17)26-20(29)4-5-24-21(30)27-22-10-14-6-15(11-22)8-16(7-14)12-22/h2-3,9,14-16H,4-8,10-12H2,1H3,(H,25,28)(H,26,29)(H2,24,27,30). The summed E-state index contributed by atoms with van der Waals surface area (Å²) < 4.78 is 0. The molecule has 7 nitrogen and oxygen atoms in total. The number of hydrogen-bond acceptors (Lipinski definition) is 3. The molecule has 0 radical (unpaired) electrons. The Hall–Kier alpha value is -2.28. The molecule has 4 fully saturated rings. The predicted octanol–water partition coefficient (Wildman–Crippen LogP) is 3.90. The van der Waals surface area contributed by atoms with E-state index in [-0.39, 0.29) is 36.3 Å². The Kier molecular flexibility index (Phi) is 5.91. The monoisotopic (exact) mass is 432 g/mol. The quantitative estimate of drug-likeness (QED) is 0.548. The number of rotatable bonds is 6. The van der Waals surface area contributed by atoms with Gasteiger partial charge >= 0.3 is 6.03 Å². The highest BCUT2D eigenvalue weighted by molar-refractivity contribution is 6.33. The van der Waals surface area contributed by atoms with E-state index in [1.165, 1.54) is 26.2 Å². The minimum absolute atomic E-state index is 0.0429. The Balaban J connectivity index is 1.23. The van der Waals surface area contributed by atoms with Crippen LogP contribution in [0.15, 0.2) is 18.2 Å². The first-order chi connectivity index (χ1) is 14.3. The van der Waals surface area contributed by atoms with Crippen LogP contribution in [0.1, 0.15) is 51.9 Å². The molecule has 4 aliphatic carbocycles. The number of hydrogen-bond donors (Lipinski definition) is 4. The number of anilines is 2. The molecule has 0 unspecified atom stereocenters. The molecule has 1 aromatic rings. The Morgan fingerprint density at radius 3 is 2.27 bits per heavy atom. The molecule has 0 atom stereocenters. The largest absolute Gasteiger partial charge is 0.338 e. The number of halogens is 1. The predicted molar refractivity (Wildman–Crippen MR) is 116 cm³/mol. The van der Waals surface area contributed by atoms with E-state index >= 15 is 0 Å². The Morgan fingerprint density at radius 2 is 1.67 bits per heavy atom. The van der Waals surface area contributed by atoms with Gasteiger partial charge in [0.05, 0.1) is 10.7 Å². The van der Waals surface area contributed by atoms with Crippen LogP contribution in [0.5, 0.6) is 0 Å². The van der Waals surface area contributed by atoms with Gasteiger partial charge in [0.15, 0.2) is 0 Å². The zero-order valence-electron chi connectivity index (χ0n) is 17.2. The van der Waals surface area contributed by atoms with Gasteiger partial charge in [0.25, 0.3) is 0 Å². The lowest BCUT2D eigenvalue weighted by molar-refractivity contribution is -0.116. The minimum Gasteiger partial charge on any atom is -0.338 e. The molecule has 0 aromatic heterocycles. The number of amides is 4. The second kappa shape index (κ2) is 8.46. The lowest BCUT2D eigenvalue weighted by Crippen LogP contribution is -2.61. The third-order valence-corrected chi connectivity index (χ3v) is 6.94. The summed E-state index contributed by atoms with van der Waals surface area (Å²) in [5.74, 6) is 1.83. The molecule has 4 aliphatic rings. The molecular formula is C22H29ClN4O3. The van der Waals surface area contributed by atoms with Crippen molar-refractivity contribution in [2.45, 2.75) is 57.4 Å². The zero-order chi connectivity index (χ0) is 21.3. The molecule has 0 heterocycles. The molecule has 0 spiro atoms. The Labute approximate surface area is 181 Å². The fourth-order valence-electron chi connectivity index (χ4n) is 5.95. The second-order valence-corrected chi connectivity index (χ2v) is 9.66. The van der Waals surface area contributed by atoms with Gasteiger partial charge in [-0.2, -0.15) is 0 Å². The highest BCUT2D eigenvalue weighted by Crippen LogP contribution is 2.55. The summed E-state index contributed by atoms with van der Waals surface area (Å²) in [7, 11) is 0. The van der Waals surface area contributed by atoms with Gasteiger partial charge in [0.1, 0.15) is 0 Å². The molecule has 4 amide bonds. The molecule has 4 bridgehead atoms. The number of benzene rings is 1. The first-order valence-electron chi connectivity index (χ1n) is 10.7. The first-order valence-corrected chi connectivity index (χ1v) is 11.1. The normalized spacial score (nSPS) is 28.7. The lowest BCUT2D eigenvalue weighted by Gasteiger charge is -2.56. The van der Waals surface area contributed by atoms with Crippen LogP contribution in [0, 0.1) is 17.8 Å². The van der Waals surface area contributed by atoms with E-state index in [2.05, 4.69) is 21.3 Å². The molecular weight excluding hydrogens is 404 g/mol. The van der Waals surface area contributed by atoms with Crippen LogP contribution >= 0.6 is 11.6 Å². The summed E-state index contributed by atoms with van der Waals surface area (Å²) in [6.45, 7) is 1.65. The van der Waals surface area contributed by atoms with Crippen molar-refractivity contribution in [3.63, 3.8) is 0 Å². The maximum atomic E-state index is 12.5. The average molecular weight is 433 g/mol. The number of carbonyl (C=O) groups is 3. The Bertz CT molecular complexity index is 822. The number of nitrogens with one attached hydrogen (secondary N) is 4. The van der Waals surface area contributed by atoms with Crippen LogP contribution in [-0.2, 0) is 9.59 Å². The molecule has 4 N–H and O–H groups in total. The van der Waals surface area contributed by atoms with Crippen molar-refractivity contribution in [2.75, 3.05) is 17.2 Å². The van der Waals surface area contributed by atoms with Crippen LogP contribution in [-0.4, -0.2) is 29.9 Å². The van der Waals surface area contributed by atoms with Gasteiger partial charge < -0.3 is 21.3 Å². The summed E-state index contributed by atoms with van der Waals surface area (Å²) in [4.78, 5) is 35.9. The van der Waals surface area contributed by atoms with Crippen LogP contribution in [0.2, 0.25) is 5.02 Å². The van der Waals surface area contributed by atoms with Gasteiger partial charge in [0, 0.05) is 31.1 Å². The third kappa shape index (κ3) is 4.89. The van der Waals surface area contributed by atoms with E-state index in [4.69, 9.17) is 11.6 Å². The first kappa shape index (κ1) is 21.0. The molecule has 0 saturated heterocycles. The summed E-state index contributed by atoms with van der Waals surface area (Å²) in [6.07, 6.45) is 7.40. The van der Waals surface area contributed by atoms with Gasteiger partial charge in [0.2, 0.25) is 11.8 Å². The fourth-order valence-corrected chi connectivity index (χ4v) is 6.12. The van der Waals surface area contributed by atoms with E-state index in [1.54, 1.807) is 18.2 Å². The molecule has 0 aliphatic heterocycles. The van der Waals surface area contributed by atoms with Crippen molar-refractivity contribution < 1.29 is 14.4 Å². The van der Waals surface area contributed by atoms with E-state index in [9.17, 15) is 14.4 Å². The number of carbonyl (C=O) groups excluding carboxylic acids is 3. The summed E-state index contributed by atoms with van der Waals surface area (Å²) in [5.41, 5.74) is 0.930. The third-order valence-electron chi connectivity index (χ3n) is 6.62. The summed E-state index contributed by atoms with van der Waals surface area (Å²) >= 11 is 6.13. The summed E-state index contributed by atoms with van der Waals surface area (Å²) in [5, 5.41) is 11.8. The van der Waals surface area contributed by atoms with Crippen LogP contribution in [0.25, 0.3) is 0 Å². The van der Waals surface area contributed by atoms with Crippen molar-refractivity contribution in [3.8, 4) is 0 Å². The zero-order valence-corrected chi connectivity index (χ0v) is 18.0. The van der Waals surface area contributed by atoms with Crippen LogP contribution < -0.4 is 21.3 Å². The van der Waals surface area contributed by atoms with Crippen molar-refractivity contribution in [1.82, 2.24) is 10.6 Å². The average Bonchev–Trinajstić information content (AvgIpc) is 2.62. The highest BCUT2D eigenvalue weighted by atomic mass is 35.5. The van der Waals surface area contributed by atoms with E-state index in [0.717, 1.165) is 37.0 Å². The van der Waals surface area contributed by atoms with E-state index in [1.807, 2.05) is 0 Å². The SMILES string of the molecule is CC(=O)Nc1ccc(Cl)c(NC(=O)CCNC(=O)NC23CC4CC(CC(C4)C2)C3)c1. The van der Waals surface area contributed by atoms with E-state index < -0.39 is 0 Å². The summed E-state index contributed by atoms with van der Waals surface area (Å²) in [6, 6.07) is 4.69. The molecule has 8 heteroatoms. The molecule has 30 heavy (non-hydrogen) atoms. The fraction of sp³-hybridized carbons (Fsp3) is 0.591. The van der Waals surface area contributed by atoms with Crippen molar-refractivity contribution in [1.29, 1.82) is 0 Å². The lowest BCUT2D eigenvalue weighted by atomic mass is 9.53. The Morgan fingerprint density at radius 1 is 1.03 bits per heavy atom. The molecule has 4 saturated carbocycles. The van der Waals surface area contributed by atoms with Crippen molar-refractivity contribution in [3.05, 3.63) is 23.2 Å². The van der Waals surface area contributed by atoms with Gasteiger partial charge in [-0.1, -0.05) is 11.6 Å². The van der Waals surface area contributed by atoms with Gasteiger partial charge in [-0.05, 0) is 74.5 Å². The van der Waals surface area contributed by atoms with Gasteiger partial charge in [-0.15, -0.1) is 0 Å². The molecule has 1 aromatic carbocycles. The maximum absolute atomic E-state index is 12.5. The topological polar surface area (TPSA) is 99.3 Å². The minimum atomic E-state index is -0.257. The van der Waals surface area contributed by atoms with E-state index in [0.29, 0.717) is 16.4 Å². The van der Waals surface area contributed by atoms with Crippen LogP contribution in [0.4, 0.5) is 16.2 Å². The number of urea groups is 1. The molecule has 5 rings (SSSR count).